The first-order chi connectivity index (χ1) is 11.4. The number of para-hydroxylation sites is 1. The number of halogens is 2. The van der Waals surface area contributed by atoms with E-state index in [0.29, 0.717) is 28.5 Å². The van der Waals surface area contributed by atoms with Gasteiger partial charge in [-0.05, 0) is 42.7 Å². The van der Waals surface area contributed by atoms with E-state index in [1.807, 2.05) is 24.3 Å². The predicted molar refractivity (Wildman–Crippen MR) is 96.2 cm³/mol. The Labute approximate surface area is 150 Å². The lowest BCUT2D eigenvalue weighted by Crippen LogP contribution is -2.27. The fraction of sp³-hybridized carbons (Fsp3) is 0.222. The molecule has 2 aromatic rings. The number of hydrogen-bond donors (Lipinski definition) is 1. The maximum absolute atomic E-state index is 12.7. The highest BCUT2D eigenvalue weighted by atomic mass is 35.5. The van der Waals surface area contributed by atoms with Gasteiger partial charge in [0, 0.05) is 24.2 Å². The van der Waals surface area contributed by atoms with Crippen LogP contribution in [0, 0.1) is 0 Å². The summed E-state index contributed by atoms with van der Waals surface area (Å²) in [5.41, 5.74) is 2.02. The van der Waals surface area contributed by atoms with Crippen LogP contribution in [0.25, 0.3) is 0 Å². The van der Waals surface area contributed by atoms with Crippen LogP contribution in [0.4, 0.5) is 5.69 Å². The number of hydrogen-bond acceptors (Lipinski definition) is 2. The molecule has 0 unspecified atom stereocenters. The Morgan fingerprint density at radius 3 is 2.50 bits per heavy atom. The van der Waals surface area contributed by atoms with Crippen molar-refractivity contribution in [3.8, 4) is 0 Å². The zero-order chi connectivity index (χ0) is 17.7. The van der Waals surface area contributed by atoms with Gasteiger partial charge in [0.25, 0.3) is 5.91 Å². The van der Waals surface area contributed by atoms with Gasteiger partial charge in [-0.3, -0.25) is 9.59 Å². The van der Waals surface area contributed by atoms with Gasteiger partial charge in [0.05, 0.1) is 10.6 Å². The summed E-state index contributed by atoms with van der Waals surface area (Å²) >= 11 is 12.0. The number of amides is 1. The molecule has 0 aliphatic rings. The summed E-state index contributed by atoms with van der Waals surface area (Å²) < 4.78 is 0. The monoisotopic (exact) mass is 365 g/mol. The second-order valence-corrected chi connectivity index (χ2v) is 6.21. The lowest BCUT2D eigenvalue weighted by molar-refractivity contribution is -0.137. The van der Waals surface area contributed by atoms with Gasteiger partial charge in [0.1, 0.15) is 0 Å². The summed E-state index contributed by atoms with van der Waals surface area (Å²) in [5, 5.41) is 9.53. The van der Waals surface area contributed by atoms with Crippen molar-refractivity contribution in [1.29, 1.82) is 0 Å². The molecule has 0 radical (unpaired) electrons. The fourth-order valence-electron chi connectivity index (χ4n) is 2.43. The maximum atomic E-state index is 12.7. The van der Waals surface area contributed by atoms with Crippen molar-refractivity contribution >= 4 is 40.8 Å². The van der Waals surface area contributed by atoms with Crippen molar-refractivity contribution in [2.75, 3.05) is 11.9 Å². The lowest BCUT2D eigenvalue weighted by atomic mass is 10.0. The van der Waals surface area contributed by atoms with Crippen LogP contribution in [-0.2, 0) is 11.2 Å². The lowest BCUT2D eigenvalue weighted by Gasteiger charge is -2.21. The number of carboxylic acids is 1. The molecule has 0 atom stereocenters. The molecule has 2 rings (SSSR count). The third kappa shape index (κ3) is 4.49. The molecule has 0 aliphatic heterocycles. The largest absolute Gasteiger partial charge is 0.481 e. The highest BCUT2D eigenvalue weighted by Gasteiger charge is 2.18. The molecule has 0 aromatic heterocycles. The minimum absolute atomic E-state index is 0.0923. The average molecular weight is 366 g/mol. The van der Waals surface area contributed by atoms with Gasteiger partial charge < -0.3 is 10.0 Å². The number of carbonyl (C=O) groups excluding carboxylic acids is 1. The smallest absolute Gasteiger partial charge is 0.303 e. The molecule has 126 valence electrons. The first-order valence-electron chi connectivity index (χ1n) is 7.43. The molecule has 0 saturated carbocycles. The second kappa shape index (κ2) is 8.18. The summed E-state index contributed by atoms with van der Waals surface area (Å²) in [7, 11) is 1.67. The van der Waals surface area contributed by atoms with Crippen LogP contribution in [0.1, 0.15) is 28.8 Å². The molecule has 1 amide bonds. The standard InChI is InChI=1S/C18H17Cl2NO3/c1-21(18(24)14-10-9-13(19)11-15(14)20)16-7-3-2-5-12(16)6-4-8-17(22)23/h2-3,5,7,9-11H,4,6,8H2,1H3,(H,22,23). The average Bonchev–Trinajstić information content (AvgIpc) is 2.54. The molecule has 6 heteroatoms. The van der Waals surface area contributed by atoms with Crippen LogP contribution in [0.2, 0.25) is 10.0 Å². The molecule has 0 spiro atoms. The van der Waals surface area contributed by atoms with Gasteiger partial charge in [-0.2, -0.15) is 0 Å². The van der Waals surface area contributed by atoms with E-state index < -0.39 is 5.97 Å². The van der Waals surface area contributed by atoms with E-state index in [4.69, 9.17) is 28.3 Å². The number of anilines is 1. The number of aliphatic carboxylic acids is 1. The number of rotatable bonds is 6. The third-order valence-electron chi connectivity index (χ3n) is 3.66. The number of aryl methyl sites for hydroxylation is 1. The highest BCUT2D eigenvalue weighted by Crippen LogP contribution is 2.26. The predicted octanol–water partition coefficient (Wildman–Crippen LogP) is 4.68. The Balaban J connectivity index is 2.24. The summed E-state index contributed by atoms with van der Waals surface area (Å²) in [4.78, 5) is 24.9. The van der Waals surface area contributed by atoms with Gasteiger partial charge in [-0.15, -0.1) is 0 Å². The first kappa shape index (κ1) is 18.3. The Kier molecular flexibility index (Phi) is 6.23. The zero-order valence-corrected chi connectivity index (χ0v) is 14.6. The van der Waals surface area contributed by atoms with Crippen molar-refractivity contribution in [1.82, 2.24) is 0 Å². The fourth-order valence-corrected chi connectivity index (χ4v) is 2.92. The van der Waals surface area contributed by atoms with E-state index in [1.54, 1.807) is 19.2 Å². The molecule has 0 bridgehead atoms. The van der Waals surface area contributed by atoms with Crippen LogP contribution >= 0.6 is 23.2 Å². The molecule has 2 aromatic carbocycles. The molecular formula is C18H17Cl2NO3. The van der Waals surface area contributed by atoms with Gasteiger partial charge in [-0.1, -0.05) is 41.4 Å². The SMILES string of the molecule is CN(C(=O)c1ccc(Cl)cc1Cl)c1ccccc1CCCC(=O)O. The number of carbonyl (C=O) groups is 2. The van der Waals surface area contributed by atoms with Crippen LogP contribution in [0.15, 0.2) is 42.5 Å². The normalized spacial score (nSPS) is 10.5. The van der Waals surface area contributed by atoms with Crippen LogP contribution in [-0.4, -0.2) is 24.0 Å². The van der Waals surface area contributed by atoms with Crippen molar-refractivity contribution in [3.63, 3.8) is 0 Å². The van der Waals surface area contributed by atoms with E-state index in [2.05, 4.69) is 0 Å². The minimum atomic E-state index is -0.829. The van der Waals surface area contributed by atoms with E-state index in [1.165, 1.54) is 11.0 Å². The van der Waals surface area contributed by atoms with Gasteiger partial charge >= 0.3 is 5.97 Å². The van der Waals surface area contributed by atoms with Crippen molar-refractivity contribution < 1.29 is 14.7 Å². The number of benzene rings is 2. The molecule has 4 nitrogen and oxygen atoms in total. The first-order valence-corrected chi connectivity index (χ1v) is 8.18. The molecule has 1 N–H and O–H groups in total. The van der Waals surface area contributed by atoms with Gasteiger partial charge in [0.2, 0.25) is 0 Å². The van der Waals surface area contributed by atoms with Gasteiger partial charge in [-0.25, -0.2) is 0 Å². The van der Waals surface area contributed by atoms with Crippen LogP contribution in [0.3, 0.4) is 0 Å². The molecule has 0 fully saturated rings. The molecular weight excluding hydrogens is 349 g/mol. The Morgan fingerprint density at radius 1 is 1.12 bits per heavy atom. The molecule has 0 saturated heterocycles. The van der Waals surface area contributed by atoms with Crippen molar-refractivity contribution in [2.24, 2.45) is 0 Å². The molecule has 0 heterocycles. The number of carboxylic acid groups (broad SMARTS) is 1. The van der Waals surface area contributed by atoms with Crippen molar-refractivity contribution in [2.45, 2.75) is 19.3 Å². The summed E-state index contributed by atoms with van der Waals surface area (Å²) in [5.74, 6) is -1.08. The Morgan fingerprint density at radius 2 is 1.83 bits per heavy atom. The van der Waals surface area contributed by atoms with E-state index in [0.717, 1.165) is 11.3 Å². The van der Waals surface area contributed by atoms with Crippen LogP contribution in [0.5, 0.6) is 0 Å². The van der Waals surface area contributed by atoms with E-state index in [-0.39, 0.29) is 12.3 Å². The molecule has 0 aliphatic carbocycles. The number of nitrogens with zero attached hydrogens (tertiary/aromatic N) is 1. The van der Waals surface area contributed by atoms with E-state index >= 15 is 0 Å². The Hall–Kier alpha value is -2.04. The zero-order valence-electron chi connectivity index (χ0n) is 13.1. The minimum Gasteiger partial charge on any atom is -0.481 e. The topological polar surface area (TPSA) is 57.6 Å². The highest BCUT2D eigenvalue weighted by molar-refractivity contribution is 6.37. The maximum Gasteiger partial charge on any atom is 0.303 e. The van der Waals surface area contributed by atoms with Crippen molar-refractivity contribution in [3.05, 3.63) is 63.6 Å². The third-order valence-corrected chi connectivity index (χ3v) is 4.20. The van der Waals surface area contributed by atoms with E-state index in [9.17, 15) is 9.59 Å². The second-order valence-electron chi connectivity index (χ2n) is 5.36. The molecule has 24 heavy (non-hydrogen) atoms. The quantitative estimate of drug-likeness (QED) is 0.808. The van der Waals surface area contributed by atoms with Crippen LogP contribution < -0.4 is 4.90 Å². The Bertz CT molecular complexity index is 762. The summed E-state index contributed by atoms with van der Waals surface area (Å²) in [6.07, 6.45) is 1.18. The summed E-state index contributed by atoms with van der Waals surface area (Å²) in [6.45, 7) is 0. The summed E-state index contributed by atoms with van der Waals surface area (Å²) in [6, 6.07) is 12.2. The van der Waals surface area contributed by atoms with Gasteiger partial charge in [0.15, 0.2) is 0 Å².